The first kappa shape index (κ1) is 23.8. The Labute approximate surface area is 170 Å². The summed E-state index contributed by atoms with van der Waals surface area (Å²) in [5, 5.41) is 9.67. The summed E-state index contributed by atoms with van der Waals surface area (Å²) in [5.41, 5.74) is 6.78. The van der Waals surface area contributed by atoms with Crippen LogP contribution in [0.1, 0.15) is 18.6 Å². The number of fused-ring (bicyclic) bond motifs is 1. The van der Waals surface area contributed by atoms with Crippen LogP contribution in [0.25, 0.3) is 10.8 Å². The molecule has 0 radical (unpaired) electrons. The number of esters is 1. The maximum atomic E-state index is 12.2. The number of hydrogen-bond donors (Lipinski definition) is 2. The van der Waals surface area contributed by atoms with Gasteiger partial charge in [0, 0.05) is 11.8 Å². The molecule has 0 spiro atoms. The maximum Gasteiger partial charge on any atom is 0.315 e. The first-order chi connectivity index (χ1) is 13.1. The number of carbonyl (C=O) groups is 1. The minimum Gasteiger partial charge on any atom is -0.748 e. The van der Waals surface area contributed by atoms with E-state index in [1.54, 1.807) is 24.3 Å². The Kier molecular flexibility index (Phi) is 8.50. The number of nitrogen functional groups attached to an aromatic ring is 1. The predicted molar refractivity (Wildman–Crippen MR) is 113 cm³/mol. The number of carbonyl (C=O) groups excluding carboxylic acids is 1. The molecule has 0 atom stereocenters. The molecular formula is C21H23N2O5S-. The molecule has 0 fully saturated rings. The van der Waals surface area contributed by atoms with Crippen LogP contribution in [0.5, 0.6) is 5.75 Å². The number of rotatable bonds is 4. The first-order valence-electron chi connectivity index (χ1n) is 8.16. The second-order valence-electron chi connectivity index (χ2n) is 5.93. The standard InChI is InChI=1S/C19H16N2O2.CH4O3S.CH4/c20-19(21)17-8-4-3-7-15(17)12-18(22)23-16-10-9-13-5-1-2-6-14(13)11-16;1-5(2,3)4;/h1-11H,12H2,(H3,20,21);1H3,(H,2,3,4);1H4/p-1. The van der Waals surface area contributed by atoms with Crippen molar-refractivity contribution < 1.29 is 22.5 Å². The van der Waals surface area contributed by atoms with Gasteiger partial charge in [0.1, 0.15) is 11.6 Å². The fraction of sp³-hybridized carbons (Fsp3) is 0.143. The quantitative estimate of drug-likeness (QED) is 0.221. The Morgan fingerprint density at radius 1 is 1.03 bits per heavy atom. The Bertz CT molecular complexity index is 1100. The monoisotopic (exact) mass is 415 g/mol. The van der Waals surface area contributed by atoms with Crippen LogP contribution in [0.15, 0.2) is 66.7 Å². The van der Waals surface area contributed by atoms with Gasteiger partial charge in [-0.15, -0.1) is 0 Å². The van der Waals surface area contributed by atoms with E-state index in [4.69, 9.17) is 28.9 Å². The largest absolute Gasteiger partial charge is 0.748 e. The summed E-state index contributed by atoms with van der Waals surface area (Å²) in [6.07, 6.45) is 0.676. The molecule has 3 rings (SSSR count). The number of nitrogens with two attached hydrogens (primary N) is 1. The highest BCUT2D eigenvalue weighted by Crippen LogP contribution is 2.21. The van der Waals surface area contributed by atoms with Gasteiger partial charge in [-0.3, -0.25) is 10.2 Å². The zero-order chi connectivity index (χ0) is 20.7. The molecule has 8 heteroatoms. The molecule has 0 amide bonds. The molecule has 0 aliphatic rings. The van der Waals surface area contributed by atoms with E-state index < -0.39 is 10.1 Å². The number of benzene rings is 3. The van der Waals surface area contributed by atoms with Crippen LogP contribution in [-0.2, 0) is 21.3 Å². The van der Waals surface area contributed by atoms with Crippen molar-refractivity contribution in [3.63, 3.8) is 0 Å². The van der Waals surface area contributed by atoms with Crippen molar-refractivity contribution in [1.82, 2.24) is 0 Å². The smallest absolute Gasteiger partial charge is 0.315 e. The summed E-state index contributed by atoms with van der Waals surface area (Å²) in [6, 6.07) is 20.5. The van der Waals surface area contributed by atoms with Crippen LogP contribution in [0.3, 0.4) is 0 Å². The zero-order valence-electron chi connectivity index (χ0n) is 15.1. The van der Waals surface area contributed by atoms with E-state index in [-0.39, 0.29) is 25.7 Å². The number of amidine groups is 1. The molecule has 0 saturated carbocycles. The molecule has 3 N–H and O–H groups in total. The molecule has 0 saturated heterocycles. The van der Waals surface area contributed by atoms with E-state index in [0.29, 0.717) is 23.1 Å². The van der Waals surface area contributed by atoms with Gasteiger partial charge in [0.15, 0.2) is 0 Å². The van der Waals surface area contributed by atoms with Gasteiger partial charge in [0.05, 0.1) is 16.5 Å². The molecule has 0 aromatic heterocycles. The number of nitrogens with one attached hydrogen (secondary N) is 1. The Morgan fingerprint density at radius 2 is 1.59 bits per heavy atom. The average Bonchev–Trinajstić information content (AvgIpc) is 2.60. The second kappa shape index (κ2) is 10.4. The number of ether oxygens (including phenoxy) is 1. The Morgan fingerprint density at radius 3 is 2.21 bits per heavy atom. The predicted octanol–water partition coefficient (Wildman–Crippen LogP) is 3.07. The molecule has 3 aromatic carbocycles. The van der Waals surface area contributed by atoms with Gasteiger partial charge in [-0.25, -0.2) is 8.42 Å². The minimum atomic E-state index is -3.92. The SMILES string of the molecule is C.CS(=O)(=O)[O-].N=C(N)c1ccccc1CC(=O)Oc1ccc2ccccc2c1. The van der Waals surface area contributed by atoms with E-state index in [0.717, 1.165) is 10.8 Å². The lowest BCUT2D eigenvalue weighted by Gasteiger charge is -2.09. The molecule has 0 unspecified atom stereocenters. The van der Waals surface area contributed by atoms with Gasteiger partial charge in [-0.1, -0.05) is 62.0 Å². The summed E-state index contributed by atoms with van der Waals surface area (Å²) in [5.74, 6) is 0.0714. The summed E-state index contributed by atoms with van der Waals surface area (Å²) >= 11 is 0. The maximum absolute atomic E-state index is 12.2. The third kappa shape index (κ3) is 8.12. The molecule has 0 bridgehead atoms. The van der Waals surface area contributed by atoms with Crippen LogP contribution in [-0.4, -0.2) is 31.0 Å². The van der Waals surface area contributed by atoms with E-state index in [1.165, 1.54) is 0 Å². The van der Waals surface area contributed by atoms with Crippen molar-refractivity contribution in [2.24, 2.45) is 5.73 Å². The van der Waals surface area contributed by atoms with E-state index in [1.807, 2.05) is 42.5 Å². The van der Waals surface area contributed by atoms with Gasteiger partial charge >= 0.3 is 5.97 Å². The highest BCUT2D eigenvalue weighted by atomic mass is 32.2. The first-order valence-corrected chi connectivity index (χ1v) is 9.98. The topological polar surface area (TPSA) is 133 Å². The van der Waals surface area contributed by atoms with Gasteiger partial charge in [-0.2, -0.15) is 0 Å². The summed E-state index contributed by atoms with van der Waals surface area (Å²) in [4.78, 5) is 12.2. The van der Waals surface area contributed by atoms with Crippen LogP contribution in [0, 0.1) is 5.41 Å². The van der Waals surface area contributed by atoms with Gasteiger partial charge in [0.2, 0.25) is 0 Å². The normalized spacial score (nSPS) is 10.3. The lowest BCUT2D eigenvalue weighted by Crippen LogP contribution is -2.17. The van der Waals surface area contributed by atoms with Crippen molar-refractivity contribution in [1.29, 1.82) is 5.41 Å². The van der Waals surface area contributed by atoms with E-state index in [9.17, 15) is 4.79 Å². The van der Waals surface area contributed by atoms with Crippen LogP contribution in [0.4, 0.5) is 0 Å². The summed E-state index contributed by atoms with van der Waals surface area (Å²) in [6.45, 7) is 0. The van der Waals surface area contributed by atoms with E-state index >= 15 is 0 Å². The van der Waals surface area contributed by atoms with Gasteiger partial charge in [0.25, 0.3) is 0 Å². The highest BCUT2D eigenvalue weighted by Gasteiger charge is 2.11. The molecule has 3 aromatic rings. The van der Waals surface area contributed by atoms with Crippen molar-refractivity contribution >= 4 is 32.7 Å². The summed E-state index contributed by atoms with van der Waals surface area (Å²) in [7, 11) is -3.92. The van der Waals surface area contributed by atoms with Gasteiger partial charge < -0.3 is 15.0 Å². The van der Waals surface area contributed by atoms with Crippen molar-refractivity contribution in [3.05, 3.63) is 77.9 Å². The van der Waals surface area contributed by atoms with Crippen molar-refractivity contribution in [2.45, 2.75) is 13.8 Å². The fourth-order valence-electron chi connectivity index (χ4n) is 2.49. The molecule has 7 nitrogen and oxygen atoms in total. The third-order valence-corrected chi connectivity index (χ3v) is 3.59. The molecule has 0 heterocycles. The average molecular weight is 415 g/mol. The van der Waals surface area contributed by atoms with Crippen LogP contribution >= 0.6 is 0 Å². The lowest BCUT2D eigenvalue weighted by atomic mass is 10.0. The lowest BCUT2D eigenvalue weighted by molar-refractivity contribution is -0.133. The molecule has 154 valence electrons. The zero-order valence-corrected chi connectivity index (χ0v) is 15.9. The van der Waals surface area contributed by atoms with Gasteiger partial charge in [-0.05, 0) is 28.5 Å². The molecule has 0 aliphatic carbocycles. The summed E-state index contributed by atoms with van der Waals surface area (Å²) < 4.78 is 32.6. The number of hydrogen-bond acceptors (Lipinski definition) is 6. The molecule has 29 heavy (non-hydrogen) atoms. The Hall–Kier alpha value is -3.23. The van der Waals surface area contributed by atoms with Crippen LogP contribution in [0.2, 0.25) is 0 Å². The fourth-order valence-corrected chi connectivity index (χ4v) is 2.49. The minimum absolute atomic E-state index is 0. The van der Waals surface area contributed by atoms with Crippen molar-refractivity contribution in [2.75, 3.05) is 6.26 Å². The van der Waals surface area contributed by atoms with E-state index in [2.05, 4.69) is 0 Å². The third-order valence-electron chi connectivity index (χ3n) is 3.59. The Balaban J connectivity index is 0.000000628. The molecular weight excluding hydrogens is 392 g/mol. The second-order valence-corrected chi connectivity index (χ2v) is 7.34. The highest BCUT2D eigenvalue weighted by molar-refractivity contribution is 7.84. The van der Waals surface area contributed by atoms with Crippen LogP contribution < -0.4 is 10.5 Å². The molecule has 0 aliphatic heterocycles. The van der Waals surface area contributed by atoms with Crippen molar-refractivity contribution in [3.8, 4) is 5.75 Å².